The van der Waals surface area contributed by atoms with Crippen molar-refractivity contribution < 1.29 is 9.59 Å². The van der Waals surface area contributed by atoms with Crippen LogP contribution in [0.4, 0.5) is 4.79 Å². The number of nitrogens with zero attached hydrogens (tertiary/aromatic N) is 2. The molecule has 0 unspecified atom stereocenters. The van der Waals surface area contributed by atoms with Crippen LogP contribution in [0.2, 0.25) is 0 Å². The fourth-order valence-corrected chi connectivity index (χ4v) is 2.54. The van der Waals surface area contributed by atoms with Crippen LogP contribution in [0.15, 0.2) is 28.7 Å². The molecule has 1 aliphatic rings. The Labute approximate surface area is 127 Å². The number of hydrogen-bond acceptors (Lipinski definition) is 3. The molecule has 0 aliphatic carbocycles. The van der Waals surface area contributed by atoms with Gasteiger partial charge in [-0.2, -0.15) is 0 Å². The Morgan fingerprint density at radius 1 is 1.50 bits per heavy atom. The highest BCUT2D eigenvalue weighted by Gasteiger charge is 2.31. The molecular weight excluding hydrogens is 322 g/mol. The van der Waals surface area contributed by atoms with E-state index in [4.69, 9.17) is 0 Å². The predicted molar refractivity (Wildman–Crippen MR) is 80.2 cm³/mol. The van der Waals surface area contributed by atoms with Crippen LogP contribution in [-0.2, 0) is 11.3 Å². The topological polar surface area (TPSA) is 52.7 Å². The Hall–Kier alpha value is -1.40. The van der Waals surface area contributed by atoms with E-state index in [2.05, 4.69) is 21.2 Å². The summed E-state index contributed by atoms with van der Waals surface area (Å²) in [5, 5.41) is 2.64. The number of rotatable bonds is 4. The first-order chi connectivity index (χ1) is 9.50. The highest BCUT2D eigenvalue weighted by atomic mass is 79.9. The van der Waals surface area contributed by atoms with Gasteiger partial charge in [0, 0.05) is 24.1 Å². The second-order valence-electron chi connectivity index (χ2n) is 4.90. The highest BCUT2D eigenvalue weighted by Crippen LogP contribution is 2.18. The van der Waals surface area contributed by atoms with Crippen LogP contribution in [0.1, 0.15) is 12.5 Å². The first-order valence-corrected chi connectivity index (χ1v) is 7.33. The second-order valence-corrected chi connectivity index (χ2v) is 5.76. The van der Waals surface area contributed by atoms with Crippen LogP contribution in [0.25, 0.3) is 0 Å². The van der Waals surface area contributed by atoms with Crippen molar-refractivity contribution in [3.05, 3.63) is 34.3 Å². The molecule has 2 rings (SSSR count). The summed E-state index contributed by atoms with van der Waals surface area (Å²) in [5.74, 6) is -0.158. The summed E-state index contributed by atoms with van der Waals surface area (Å²) in [4.78, 5) is 27.0. The number of hydrogen-bond donors (Lipinski definition) is 1. The van der Waals surface area contributed by atoms with Gasteiger partial charge in [-0.3, -0.25) is 14.6 Å². The van der Waals surface area contributed by atoms with Gasteiger partial charge >= 0.3 is 6.03 Å². The van der Waals surface area contributed by atoms with Crippen molar-refractivity contribution in [2.45, 2.75) is 19.5 Å². The maximum Gasteiger partial charge on any atom is 0.324 e. The average molecular weight is 340 g/mol. The molecule has 1 aliphatic heterocycles. The van der Waals surface area contributed by atoms with Crippen molar-refractivity contribution in [2.24, 2.45) is 0 Å². The maximum atomic E-state index is 12.3. The molecule has 1 atom stereocenters. The molecule has 1 heterocycles. The molecule has 5 nitrogen and oxygen atoms in total. The third-order valence-electron chi connectivity index (χ3n) is 3.52. The number of carbonyl (C=O) groups excluding carboxylic acids is 2. The van der Waals surface area contributed by atoms with Crippen molar-refractivity contribution >= 4 is 27.9 Å². The third-order valence-corrected chi connectivity index (χ3v) is 4.29. The summed E-state index contributed by atoms with van der Waals surface area (Å²) in [6, 6.07) is 7.27. The standard InChI is InChI=1S/C14H18BrN3O2/c1-10(13(19)18-8-7-16-14(18)20)17(2)9-11-5-3-4-6-12(11)15/h3-6,10H,7-9H2,1-2H3,(H,16,20)/t10-/m1/s1. The zero-order valence-electron chi connectivity index (χ0n) is 11.6. The van der Waals surface area contributed by atoms with Crippen LogP contribution >= 0.6 is 15.9 Å². The average Bonchev–Trinajstić information content (AvgIpc) is 2.86. The fourth-order valence-electron chi connectivity index (χ4n) is 2.13. The molecule has 0 aromatic heterocycles. The van der Waals surface area contributed by atoms with Gasteiger partial charge in [0.15, 0.2) is 0 Å². The Balaban J connectivity index is 2.01. The van der Waals surface area contributed by atoms with Crippen molar-refractivity contribution in [3.8, 4) is 0 Å². The van der Waals surface area contributed by atoms with E-state index < -0.39 is 0 Å². The van der Waals surface area contributed by atoms with Gasteiger partial charge in [0.05, 0.1) is 6.04 Å². The number of urea groups is 1. The molecular formula is C14H18BrN3O2. The normalized spacial score (nSPS) is 16.4. The number of imide groups is 1. The zero-order valence-corrected chi connectivity index (χ0v) is 13.2. The molecule has 1 saturated heterocycles. The lowest BCUT2D eigenvalue weighted by Gasteiger charge is -2.26. The minimum absolute atomic E-state index is 0.158. The maximum absolute atomic E-state index is 12.3. The van der Waals surface area contributed by atoms with Crippen LogP contribution < -0.4 is 5.32 Å². The molecule has 6 heteroatoms. The van der Waals surface area contributed by atoms with Crippen molar-refractivity contribution in [1.82, 2.24) is 15.1 Å². The van der Waals surface area contributed by atoms with Gasteiger partial charge in [-0.05, 0) is 25.6 Å². The van der Waals surface area contributed by atoms with Crippen LogP contribution in [0, 0.1) is 0 Å². The Bertz CT molecular complexity index is 521. The van der Waals surface area contributed by atoms with Crippen LogP contribution in [0.3, 0.4) is 0 Å². The quantitative estimate of drug-likeness (QED) is 0.910. The van der Waals surface area contributed by atoms with Crippen LogP contribution in [-0.4, -0.2) is 47.9 Å². The summed E-state index contributed by atoms with van der Waals surface area (Å²) in [6.45, 7) is 3.45. The minimum Gasteiger partial charge on any atom is -0.336 e. The Morgan fingerprint density at radius 2 is 2.20 bits per heavy atom. The fraction of sp³-hybridized carbons (Fsp3) is 0.429. The van der Waals surface area contributed by atoms with E-state index in [9.17, 15) is 9.59 Å². The van der Waals surface area contributed by atoms with Gasteiger partial charge < -0.3 is 5.32 Å². The monoisotopic (exact) mass is 339 g/mol. The van der Waals surface area contributed by atoms with Gasteiger partial charge in [-0.15, -0.1) is 0 Å². The lowest BCUT2D eigenvalue weighted by Crippen LogP contribution is -2.46. The van der Waals surface area contributed by atoms with Crippen molar-refractivity contribution in [3.63, 3.8) is 0 Å². The van der Waals surface area contributed by atoms with E-state index in [0.717, 1.165) is 10.0 Å². The molecule has 1 aromatic rings. The molecule has 0 saturated carbocycles. The van der Waals surface area contributed by atoms with Crippen LogP contribution in [0.5, 0.6) is 0 Å². The number of benzene rings is 1. The zero-order chi connectivity index (χ0) is 14.7. The Kier molecular flexibility index (Phi) is 4.77. The minimum atomic E-state index is -0.342. The molecule has 1 N–H and O–H groups in total. The van der Waals surface area contributed by atoms with Gasteiger partial charge in [0.2, 0.25) is 5.91 Å². The van der Waals surface area contributed by atoms with Gasteiger partial charge in [-0.25, -0.2) is 4.79 Å². The molecule has 1 aromatic carbocycles. The molecule has 20 heavy (non-hydrogen) atoms. The van der Waals surface area contributed by atoms with Gasteiger partial charge in [0.1, 0.15) is 0 Å². The number of carbonyl (C=O) groups is 2. The third kappa shape index (κ3) is 3.19. The first-order valence-electron chi connectivity index (χ1n) is 6.53. The van der Waals surface area contributed by atoms with Crippen molar-refractivity contribution in [2.75, 3.05) is 20.1 Å². The summed E-state index contributed by atoms with van der Waals surface area (Å²) in [5.41, 5.74) is 1.11. The van der Waals surface area contributed by atoms with Gasteiger partial charge in [0.25, 0.3) is 0 Å². The molecule has 0 spiro atoms. The number of halogens is 1. The van der Waals surface area contributed by atoms with E-state index in [-0.39, 0.29) is 18.0 Å². The highest BCUT2D eigenvalue weighted by molar-refractivity contribution is 9.10. The van der Waals surface area contributed by atoms with E-state index in [0.29, 0.717) is 19.6 Å². The van der Waals surface area contributed by atoms with Crippen molar-refractivity contribution in [1.29, 1.82) is 0 Å². The van der Waals surface area contributed by atoms with E-state index in [1.807, 2.05) is 43.1 Å². The summed E-state index contributed by atoms with van der Waals surface area (Å²) >= 11 is 3.50. The summed E-state index contributed by atoms with van der Waals surface area (Å²) < 4.78 is 1.02. The molecule has 0 bridgehead atoms. The van der Waals surface area contributed by atoms with E-state index >= 15 is 0 Å². The molecule has 108 valence electrons. The van der Waals surface area contributed by atoms with E-state index in [1.54, 1.807) is 0 Å². The smallest absolute Gasteiger partial charge is 0.324 e. The number of likely N-dealkylation sites (N-methyl/N-ethyl adjacent to an activating group) is 1. The molecule has 1 fully saturated rings. The largest absolute Gasteiger partial charge is 0.336 e. The number of nitrogens with one attached hydrogen (secondary N) is 1. The first kappa shape index (κ1) is 15.0. The summed E-state index contributed by atoms with van der Waals surface area (Å²) in [6.07, 6.45) is 0. The number of amides is 3. The predicted octanol–water partition coefficient (Wildman–Crippen LogP) is 1.82. The SMILES string of the molecule is C[C@H](C(=O)N1CCNC1=O)N(C)Cc1ccccc1Br. The van der Waals surface area contributed by atoms with E-state index in [1.165, 1.54) is 4.90 Å². The second kappa shape index (κ2) is 6.37. The van der Waals surface area contributed by atoms with Gasteiger partial charge in [-0.1, -0.05) is 34.1 Å². The molecule has 3 amide bonds. The Morgan fingerprint density at radius 3 is 2.80 bits per heavy atom. The lowest BCUT2D eigenvalue weighted by atomic mass is 10.2. The lowest BCUT2D eigenvalue weighted by molar-refractivity contribution is -0.132. The summed E-state index contributed by atoms with van der Waals surface area (Å²) in [7, 11) is 1.88. The molecule has 0 radical (unpaired) electrons.